The normalized spacial score (nSPS) is 14.3. The van der Waals surface area contributed by atoms with Gasteiger partial charge in [-0.05, 0) is 29.8 Å². The molecule has 1 fully saturated rings. The molecule has 1 aliphatic rings. The van der Waals surface area contributed by atoms with Crippen LogP contribution >= 0.6 is 11.8 Å². The highest BCUT2D eigenvalue weighted by atomic mass is 32.2. The summed E-state index contributed by atoms with van der Waals surface area (Å²) in [5.74, 6) is 1.36. The Kier molecular flexibility index (Phi) is 6.69. The molecule has 8 heteroatoms. The van der Waals surface area contributed by atoms with Crippen LogP contribution in [0.3, 0.4) is 0 Å². The number of nitrogens with zero attached hydrogens (tertiary/aromatic N) is 1. The minimum atomic E-state index is -0.584. The van der Waals surface area contributed by atoms with Gasteiger partial charge in [-0.2, -0.15) is 11.8 Å². The van der Waals surface area contributed by atoms with Gasteiger partial charge in [0.15, 0.2) is 0 Å². The standard InChI is InChI=1S/C23H24N4O3S/c28-21(26-17-5-3-4-16(12-17)15-27-8-10-31-11-9-27)14-25-23(30)19-13-24-20-7-2-1-6-18(20)22(19)29/h1-7,12-13H,8-11,14-15H2,(H,24,29)(H,25,30)(H,26,28). The number of thioether (sulfide) groups is 1. The third kappa shape index (κ3) is 5.34. The van der Waals surface area contributed by atoms with Crippen LogP contribution in [0, 0.1) is 0 Å². The lowest BCUT2D eigenvalue weighted by Gasteiger charge is -2.26. The fourth-order valence-electron chi connectivity index (χ4n) is 3.56. The van der Waals surface area contributed by atoms with Crippen molar-refractivity contribution in [3.8, 4) is 0 Å². The minimum absolute atomic E-state index is 0.0202. The van der Waals surface area contributed by atoms with E-state index in [1.54, 1.807) is 18.2 Å². The first-order chi connectivity index (χ1) is 15.1. The molecule has 0 radical (unpaired) electrons. The lowest BCUT2D eigenvalue weighted by Crippen LogP contribution is -2.35. The number of fused-ring (bicyclic) bond motifs is 1. The number of rotatable bonds is 6. The number of aromatic nitrogens is 1. The molecule has 3 aromatic rings. The lowest BCUT2D eigenvalue weighted by atomic mass is 10.1. The molecular weight excluding hydrogens is 412 g/mol. The number of anilines is 1. The molecule has 2 aromatic carbocycles. The van der Waals surface area contributed by atoms with Gasteiger partial charge in [0.25, 0.3) is 5.91 Å². The average Bonchev–Trinajstić information content (AvgIpc) is 2.79. The smallest absolute Gasteiger partial charge is 0.257 e. The van der Waals surface area contributed by atoms with Crippen molar-refractivity contribution in [1.29, 1.82) is 0 Å². The maximum atomic E-state index is 12.5. The summed E-state index contributed by atoms with van der Waals surface area (Å²) in [7, 11) is 0. The second-order valence-corrected chi connectivity index (χ2v) is 8.62. The first-order valence-corrected chi connectivity index (χ1v) is 11.3. The van der Waals surface area contributed by atoms with Gasteiger partial charge >= 0.3 is 0 Å². The van der Waals surface area contributed by atoms with Crippen LogP contribution in [0.4, 0.5) is 5.69 Å². The molecule has 0 aliphatic carbocycles. The van der Waals surface area contributed by atoms with E-state index in [4.69, 9.17) is 0 Å². The summed E-state index contributed by atoms with van der Waals surface area (Å²) in [6, 6.07) is 14.7. The van der Waals surface area contributed by atoms with E-state index >= 15 is 0 Å². The highest BCUT2D eigenvalue weighted by Gasteiger charge is 2.14. The van der Waals surface area contributed by atoms with Crippen molar-refractivity contribution >= 4 is 40.2 Å². The van der Waals surface area contributed by atoms with Crippen LogP contribution in [-0.4, -0.2) is 52.8 Å². The number of para-hydroxylation sites is 1. The monoisotopic (exact) mass is 436 g/mol. The van der Waals surface area contributed by atoms with Gasteiger partial charge in [-0.25, -0.2) is 0 Å². The van der Waals surface area contributed by atoms with Gasteiger partial charge in [0.1, 0.15) is 5.56 Å². The van der Waals surface area contributed by atoms with E-state index in [9.17, 15) is 14.4 Å². The first kappa shape index (κ1) is 21.1. The van der Waals surface area contributed by atoms with Crippen molar-refractivity contribution in [2.24, 2.45) is 0 Å². The largest absolute Gasteiger partial charge is 0.360 e. The number of hydrogen-bond acceptors (Lipinski definition) is 5. The molecular formula is C23H24N4O3S. The molecule has 160 valence electrons. The molecule has 3 N–H and O–H groups in total. The predicted octanol–water partition coefficient (Wildman–Crippen LogP) is 2.45. The Hall–Kier alpha value is -3.10. The van der Waals surface area contributed by atoms with Crippen LogP contribution in [0.5, 0.6) is 0 Å². The van der Waals surface area contributed by atoms with Gasteiger partial charge in [-0.1, -0.05) is 24.3 Å². The molecule has 0 spiro atoms. The van der Waals surface area contributed by atoms with Gasteiger partial charge in [0.05, 0.1) is 6.54 Å². The number of hydrogen-bond donors (Lipinski definition) is 3. The van der Waals surface area contributed by atoms with Crippen LogP contribution in [0.2, 0.25) is 0 Å². The molecule has 1 aromatic heterocycles. The number of H-pyrrole nitrogens is 1. The maximum absolute atomic E-state index is 12.5. The zero-order valence-electron chi connectivity index (χ0n) is 17.0. The number of benzene rings is 2. The van der Waals surface area contributed by atoms with Crippen LogP contribution < -0.4 is 16.1 Å². The molecule has 7 nitrogen and oxygen atoms in total. The van der Waals surface area contributed by atoms with Crippen LogP contribution in [0.1, 0.15) is 15.9 Å². The molecule has 2 heterocycles. The minimum Gasteiger partial charge on any atom is -0.360 e. The molecule has 2 amide bonds. The number of aromatic amines is 1. The Morgan fingerprint density at radius 1 is 1.06 bits per heavy atom. The molecule has 1 aliphatic heterocycles. The predicted molar refractivity (Wildman–Crippen MR) is 125 cm³/mol. The van der Waals surface area contributed by atoms with E-state index < -0.39 is 5.91 Å². The second-order valence-electron chi connectivity index (χ2n) is 7.40. The average molecular weight is 437 g/mol. The zero-order chi connectivity index (χ0) is 21.6. The summed E-state index contributed by atoms with van der Waals surface area (Å²) in [5.41, 5.74) is 2.09. The van der Waals surface area contributed by atoms with Gasteiger partial charge in [0, 0.05) is 53.9 Å². The number of nitrogens with one attached hydrogen (secondary N) is 3. The SMILES string of the molecule is O=C(CNC(=O)c1c[nH]c2ccccc2c1=O)Nc1cccc(CN2CCSCC2)c1. The quantitative estimate of drug-likeness (QED) is 0.552. The summed E-state index contributed by atoms with van der Waals surface area (Å²) in [6.45, 7) is 2.77. The van der Waals surface area contributed by atoms with Crippen molar-refractivity contribution < 1.29 is 9.59 Å². The number of pyridine rings is 1. The summed E-state index contributed by atoms with van der Waals surface area (Å²) >= 11 is 1.97. The third-order valence-corrected chi connectivity index (χ3v) is 6.11. The molecule has 0 saturated carbocycles. The van der Waals surface area contributed by atoms with E-state index in [0.717, 1.165) is 36.7 Å². The van der Waals surface area contributed by atoms with Gasteiger partial charge in [0.2, 0.25) is 11.3 Å². The molecule has 4 rings (SSSR count). The molecule has 0 unspecified atom stereocenters. The van der Waals surface area contributed by atoms with Crippen molar-refractivity contribution in [3.63, 3.8) is 0 Å². The first-order valence-electron chi connectivity index (χ1n) is 10.2. The van der Waals surface area contributed by atoms with Crippen LogP contribution in [-0.2, 0) is 11.3 Å². The second kappa shape index (κ2) is 9.80. The highest BCUT2D eigenvalue weighted by molar-refractivity contribution is 7.99. The lowest BCUT2D eigenvalue weighted by molar-refractivity contribution is -0.115. The van der Waals surface area contributed by atoms with Crippen molar-refractivity contribution in [1.82, 2.24) is 15.2 Å². The Morgan fingerprint density at radius 2 is 1.87 bits per heavy atom. The summed E-state index contributed by atoms with van der Waals surface area (Å²) in [4.78, 5) is 42.6. The Morgan fingerprint density at radius 3 is 2.71 bits per heavy atom. The fraction of sp³-hybridized carbons (Fsp3) is 0.261. The van der Waals surface area contributed by atoms with E-state index in [1.165, 1.54) is 6.20 Å². The van der Waals surface area contributed by atoms with Crippen molar-refractivity contribution in [3.05, 3.63) is 76.1 Å². The van der Waals surface area contributed by atoms with Gasteiger partial charge in [-0.15, -0.1) is 0 Å². The molecule has 31 heavy (non-hydrogen) atoms. The Bertz CT molecular complexity index is 1150. The zero-order valence-corrected chi connectivity index (χ0v) is 17.8. The van der Waals surface area contributed by atoms with Crippen molar-refractivity contribution in [2.45, 2.75) is 6.54 Å². The van der Waals surface area contributed by atoms with Gasteiger partial charge < -0.3 is 15.6 Å². The van der Waals surface area contributed by atoms with Gasteiger partial charge in [-0.3, -0.25) is 19.3 Å². The third-order valence-electron chi connectivity index (χ3n) is 5.16. The van der Waals surface area contributed by atoms with E-state index in [-0.39, 0.29) is 23.4 Å². The number of carbonyl (C=O) groups excluding carboxylic acids is 2. The topological polar surface area (TPSA) is 94.3 Å². The van der Waals surface area contributed by atoms with E-state index in [1.807, 2.05) is 42.1 Å². The summed E-state index contributed by atoms with van der Waals surface area (Å²) in [5, 5.41) is 5.77. The van der Waals surface area contributed by atoms with E-state index in [2.05, 4.69) is 20.5 Å². The Balaban J connectivity index is 1.34. The number of amides is 2. The highest BCUT2D eigenvalue weighted by Crippen LogP contribution is 2.16. The molecule has 0 bridgehead atoms. The molecule has 1 saturated heterocycles. The molecule has 0 atom stereocenters. The van der Waals surface area contributed by atoms with Crippen LogP contribution in [0.25, 0.3) is 10.9 Å². The van der Waals surface area contributed by atoms with E-state index in [0.29, 0.717) is 16.6 Å². The fourth-order valence-corrected chi connectivity index (χ4v) is 4.54. The Labute approximate surface area is 184 Å². The van der Waals surface area contributed by atoms with Crippen LogP contribution in [0.15, 0.2) is 59.5 Å². The summed E-state index contributed by atoms with van der Waals surface area (Å²) < 4.78 is 0. The van der Waals surface area contributed by atoms with Crippen molar-refractivity contribution in [2.75, 3.05) is 36.5 Å². The number of carbonyl (C=O) groups is 2. The maximum Gasteiger partial charge on any atom is 0.257 e. The summed E-state index contributed by atoms with van der Waals surface area (Å²) in [6.07, 6.45) is 1.38.